The maximum atomic E-state index is 11.9. The normalized spacial score (nSPS) is 17.7. The van der Waals surface area contributed by atoms with Gasteiger partial charge in [-0.25, -0.2) is 4.68 Å². The summed E-state index contributed by atoms with van der Waals surface area (Å²) in [6, 6.07) is 15.6. The summed E-state index contributed by atoms with van der Waals surface area (Å²) < 4.78 is 11.9. The number of anilines is 2. The maximum Gasteiger partial charge on any atom is 0.252 e. The fraction of sp³-hybridized carbons (Fsp3) is 0.286. The Kier molecular flexibility index (Phi) is 5.87. The molecular weight excluding hydrogens is 406 g/mol. The highest BCUT2D eigenvalue weighted by Crippen LogP contribution is 2.38. The third-order valence-electron chi connectivity index (χ3n) is 4.99. The fourth-order valence-corrected chi connectivity index (χ4v) is 3.67. The van der Waals surface area contributed by atoms with Crippen molar-refractivity contribution in [3.05, 3.63) is 64.7 Å². The number of hydrogen-bond acceptors (Lipinski definition) is 6. The first-order chi connectivity index (χ1) is 14.6. The molecule has 9 heteroatoms. The van der Waals surface area contributed by atoms with Gasteiger partial charge in [0, 0.05) is 12.1 Å². The lowest BCUT2D eigenvalue weighted by Gasteiger charge is -2.31. The van der Waals surface area contributed by atoms with Gasteiger partial charge in [-0.1, -0.05) is 35.9 Å². The number of rotatable bonds is 6. The van der Waals surface area contributed by atoms with Gasteiger partial charge in [-0.15, -0.1) is 5.10 Å². The maximum absolute atomic E-state index is 11.9. The van der Waals surface area contributed by atoms with Gasteiger partial charge in [0.05, 0.1) is 19.2 Å². The molecule has 1 aromatic heterocycles. The zero-order valence-electron chi connectivity index (χ0n) is 16.6. The van der Waals surface area contributed by atoms with E-state index in [2.05, 4.69) is 20.7 Å². The number of halogens is 1. The summed E-state index contributed by atoms with van der Waals surface area (Å²) in [4.78, 5) is 16.4. The molecule has 3 aromatic rings. The average molecular weight is 428 g/mol. The molecule has 0 bridgehead atoms. The summed E-state index contributed by atoms with van der Waals surface area (Å²) in [5.41, 5.74) is 2.16. The Bertz CT molecular complexity index is 1020. The second kappa shape index (κ2) is 8.73. The van der Waals surface area contributed by atoms with Crippen LogP contribution in [0.5, 0.6) is 5.75 Å². The number of benzene rings is 2. The fourth-order valence-electron chi connectivity index (χ4n) is 3.54. The Hall–Kier alpha value is -3.10. The number of ether oxygens (including phenoxy) is 2. The van der Waals surface area contributed by atoms with Gasteiger partial charge in [-0.3, -0.25) is 10.1 Å². The highest BCUT2D eigenvalue weighted by molar-refractivity contribution is 6.30. The molecule has 156 valence electrons. The number of methoxy groups -OCH3 is 2. The molecule has 2 N–H and O–H groups in total. The van der Waals surface area contributed by atoms with Crippen LogP contribution in [-0.4, -0.2) is 41.5 Å². The Balaban J connectivity index is 1.68. The quantitative estimate of drug-likeness (QED) is 0.623. The topological polar surface area (TPSA) is 90.3 Å². The first-order valence-corrected chi connectivity index (χ1v) is 9.86. The molecule has 0 aliphatic carbocycles. The Labute approximate surface area is 179 Å². The number of aromatic nitrogens is 3. The van der Waals surface area contributed by atoms with Crippen LogP contribution in [0.25, 0.3) is 0 Å². The predicted octanol–water partition coefficient (Wildman–Crippen LogP) is 3.67. The minimum Gasteiger partial charge on any atom is -0.497 e. The summed E-state index contributed by atoms with van der Waals surface area (Å²) in [7, 11) is 3.10. The number of nitrogens with zero attached hydrogens (tertiary/aromatic N) is 3. The van der Waals surface area contributed by atoms with E-state index in [0.29, 0.717) is 11.0 Å². The van der Waals surface area contributed by atoms with Crippen LogP contribution in [0.1, 0.15) is 29.6 Å². The van der Waals surface area contributed by atoms with Crippen LogP contribution in [0.3, 0.4) is 0 Å². The zero-order chi connectivity index (χ0) is 21.1. The summed E-state index contributed by atoms with van der Waals surface area (Å²) in [5, 5.41) is 11.3. The van der Waals surface area contributed by atoms with E-state index in [1.807, 2.05) is 48.5 Å². The minimum absolute atomic E-state index is 0.00796. The van der Waals surface area contributed by atoms with Crippen LogP contribution in [0, 0.1) is 0 Å². The van der Waals surface area contributed by atoms with E-state index in [1.165, 1.54) is 7.11 Å². The molecule has 0 fully saturated rings. The summed E-state index contributed by atoms with van der Waals surface area (Å²) in [6.45, 7) is -0.0629. The number of fused-ring (bicyclic) bond motifs is 1. The lowest BCUT2D eigenvalue weighted by Crippen LogP contribution is -2.28. The molecule has 4 rings (SSSR count). The van der Waals surface area contributed by atoms with Crippen molar-refractivity contribution in [2.75, 3.05) is 31.5 Å². The van der Waals surface area contributed by atoms with Crippen molar-refractivity contribution in [2.45, 2.75) is 18.5 Å². The van der Waals surface area contributed by atoms with Gasteiger partial charge in [0.2, 0.25) is 5.95 Å². The van der Waals surface area contributed by atoms with Gasteiger partial charge >= 0.3 is 0 Å². The van der Waals surface area contributed by atoms with Crippen molar-refractivity contribution >= 4 is 29.4 Å². The summed E-state index contributed by atoms with van der Waals surface area (Å²) >= 11 is 6.05. The summed E-state index contributed by atoms with van der Waals surface area (Å²) in [6.07, 6.45) is 0.746. The molecule has 1 aliphatic heterocycles. The van der Waals surface area contributed by atoms with Crippen molar-refractivity contribution in [1.82, 2.24) is 14.8 Å². The molecule has 2 aromatic carbocycles. The number of amides is 1. The molecule has 8 nitrogen and oxygen atoms in total. The average Bonchev–Trinajstić information content (AvgIpc) is 3.16. The molecule has 0 spiro atoms. The summed E-state index contributed by atoms with van der Waals surface area (Å²) in [5.74, 6) is 1.29. The van der Waals surface area contributed by atoms with Crippen LogP contribution in [0.4, 0.5) is 11.9 Å². The molecule has 0 unspecified atom stereocenters. The van der Waals surface area contributed by atoms with Crippen LogP contribution in [-0.2, 0) is 9.53 Å². The van der Waals surface area contributed by atoms with Gasteiger partial charge in [0.1, 0.15) is 12.4 Å². The molecule has 1 aliphatic rings. The lowest BCUT2D eigenvalue weighted by atomic mass is 9.93. The van der Waals surface area contributed by atoms with E-state index >= 15 is 0 Å². The van der Waals surface area contributed by atoms with Crippen molar-refractivity contribution in [3.63, 3.8) is 0 Å². The molecule has 30 heavy (non-hydrogen) atoms. The van der Waals surface area contributed by atoms with Gasteiger partial charge in [0.15, 0.2) is 0 Å². The first kappa shape index (κ1) is 20.2. The smallest absolute Gasteiger partial charge is 0.252 e. The number of carbonyl (C=O) groups excluding carboxylic acids is 1. The van der Waals surface area contributed by atoms with E-state index in [9.17, 15) is 4.79 Å². The molecule has 0 saturated carbocycles. The molecule has 2 heterocycles. The monoisotopic (exact) mass is 427 g/mol. The van der Waals surface area contributed by atoms with E-state index in [4.69, 9.17) is 21.1 Å². The van der Waals surface area contributed by atoms with Crippen LogP contribution < -0.4 is 15.4 Å². The van der Waals surface area contributed by atoms with Crippen molar-refractivity contribution in [3.8, 4) is 5.75 Å². The minimum atomic E-state index is -0.310. The first-order valence-electron chi connectivity index (χ1n) is 9.48. The molecular formula is C21H22ClN5O3. The highest BCUT2D eigenvalue weighted by atomic mass is 35.5. The van der Waals surface area contributed by atoms with Crippen molar-refractivity contribution in [2.24, 2.45) is 0 Å². The number of nitrogens with one attached hydrogen (secondary N) is 2. The van der Waals surface area contributed by atoms with E-state index in [0.717, 1.165) is 23.3 Å². The predicted molar refractivity (Wildman–Crippen MR) is 114 cm³/mol. The Morgan fingerprint density at radius 1 is 1.17 bits per heavy atom. The van der Waals surface area contributed by atoms with Crippen molar-refractivity contribution in [1.29, 1.82) is 0 Å². The van der Waals surface area contributed by atoms with Crippen LogP contribution in [0.15, 0.2) is 48.5 Å². The second-order valence-corrected chi connectivity index (χ2v) is 7.39. The lowest BCUT2D eigenvalue weighted by molar-refractivity contribution is -0.119. The SMILES string of the molecule is COCC(=O)Nc1nc2n(n1)[C@@H](c1ccc(OC)cc1)C[C@@H](c1ccc(Cl)cc1)N2. The molecule has 2 atom stereocenters. The van der Waals surface area contributed by atoms with E-state index < -0.39 is 0 Å². The van der Waals surface area contributed by atoms with E-state index in [-0.39, 0.29) is 30.5 Å². The van der Waals surface area contributed by atoms with Gasteiger partial charge in [-0.2, -0.15) is 4.98 Å². The van der Waals surface area contributed by atoms with Gasteiger partial charge < -0.3 is 14.8 Å². The molecule has 0 saturated heterocycles. The Morgan fingerprint density at radius 3 is 2.53 bits per heavy atom. The zero-order valence-corrected chi connectivity index (χ0v) is 17.4. The van der Waals surface area contributed by atoms with Crippen LogP contribution in [0.2, 0.25) is 5.02 Å². The molecule has 1 amide bonds. The van der Waals surface area contributed by atoms with E-state index in [1.54, 1.807) is 11.8 Å². The van der Waals surface area contributed by atoms with Gasteiger partial charge in [0.25, 0.3) is 11.9 Å². The number of carbonyl (C=O) groups is 1. The Morgan fingerprint density at radius 2 is 1.87 bits per heavy atom. The second-order valence-electron chi connectivity index (χ2n) is 6.96. The van der Waals surface area contributed by atoms with Crippen LogP contribution >= 0.6 is 11.6 Å². The van der Waals surface area contributed by atoms with Gasteiger partial charge in [-0.05, 0) is 41.8 Å². The molecule has 0 radical (unpaired) electrons. The third kappa shape index (κ3) is 4.24. The number of hydrogen-bond donors (Lipinski definition) is 2. The standard InChI is InChI=1S/C21H22ClN5O3/c1-29-12-19(28)24-20-25-21-23-17(13-3-7-15(22)8-4-13)11-18(27(21)26-20)14-5-9-16(30-2)10-6-14/h3-10,17-18H,11-12H2,1-2H3,(H2,23,24,25,26,28)/t17-,18+/m0/s1. The highest BCUT2D eigenvalue weighted by Gasteiger charge is 2.31. The third-order valence-corrected chi connectivity index (χ3v) is 5.24. The van der Waals surface area contributed by atoms with Crippen molar-refractivity contribution < 1.29 is 14.3 Å². The largest absolute Gasteiger partial charge is 0.497 e.